The van der Waals surface area contributed by atoms with Crippen LogP contribution in [0.3, 0.4) is 0 Å². The molecule has 7 nitrogen and oxygen atoms in total. The second-order valence-electron chi connectivity index (χ2n) is 9.54. The fourth-order valence-electron chi connectivity index (χ4n) is 5.20. The van der Waals surface area contributed by atoms with Gasteiger partial charge in [0, 0.05) is 59.3 Å². The van der Waals surface area contributed by atoms with E-state index in [0.29, 0.717) is 28.4 Å². The van der Waals surface area contributed by atoms with Gasteiger partial charge in [0.1, 0.15) is 10.6 Å². The first-order valence-electron chi connectivity index (χ1n) is 12.8. The molecule has 1 saturated carbocycles. The van der Waals surface area contributed by atoms with Crippen LogP contribution in [-0.4, -0.2) is 54.1 Å². The number of rotatable bonds is 8. The molecule has 1 aliphatic carbocycles. The minimum atomic E-state index is -0.0294. The quantitative estimate of drug-likeness (QED) is 0.271. The van der Waals surface area contributed by atoms with E-state index in [0.717, 1.165) is 58.2 Å². The summed E-state index contributed by atoms with van der Waals surface area (Å²) in [5, 5.41) is 7.80. The molecule has 0 bridgehead atoms. The number of carbonyl (C=O) groups is 1. The summed E-state index contributed by atoms with van der Waals surface area (Å²) in [6, 6.07) is 14.5. The van der Waals surface area contributed by atoms with Gasteiger partial charge in [-0.2, -0.15) is 0 Å². The van der Waals surface area contributed by atoms with Crippen molar-refractivity contribution in [2.24, 2.45) is 0 Å². The molecule has 0 saturated heterocycles. The van der Waals surface area contributed by atoms with Crippen LogP contribution in [0.15, 0.2) is 54.9 Å². The topological polar surface area (TPSA) is 79.4 Å². The number of hydrogen-bond acceptors (Lipinski definition) is 7. The maximum absolute atomic E-state index is 14.2. The van der Waals surface area contributed by atoms with Crippen LogP contribution in [0.25, 0.3) is 21.2 Å². The van der Waals surface area contributed by atoms with Crippen LogP contribution in [0.4, 0.5) is 5.95 Å². The number of anilines is 1. The van der Waals surface area contributed by atoms with Crippen molar-refractivity contribution in [3.8, 4) is 16.9 Å². The second-order valence-corrected chi connectivity index (χ2v) is 11.0. The zero-order chi connectivity index (χ0) is 26.6. The fraction of sp³-hybridized carbons (Fsp3) is 0.345. The summed E-state index contributed by atoms with van der Waals surface area (Å²) in [7, 11) is 5.46. The standard InChI is InChI=1S/C29H32ClN5O2S/c1-31-21-9-11-22(12-10-21)35(28(36)27-26(30)23-6-4-5-7-25(23)38-27)17-19-14-18(8-13-24(19)37-3)20-15-33-29(32-2)34-16-20/h4-8,13-16,21-22,31H,9-12,17H2,1-3H3,(H,32,33,34). The van der Waals surface area contributed by atoms with E-state index in [1.54, 1.807) is 26.6 Å². The molecule has 1 amide bonds. The molecule has 0 spiro atoms. The number of hydrogen-bond donors (Lipinski definition) is 2. The van der Waals surface area contributed by atoms with Crippen LogP contribution in [0.1, 0.15) is 40.9 Å². The monoisotopic (exact) mass is 549 g/mol. The van der Waals surface area contributed by atoms with Gasteiger partial charge in [-0.25, -0.2) is 9.97 Å². The average molecular weight is 550 g/mol. The molecule has 0 aliphatic heterocycles. The van der Waals surface area contributed by atoms with E-state index in [9.17, 15) is 4.79 Å². The Kier molecular flexibility index (Phi) is 8.12. The summed E-state index contributed by atoms with van der Waals surface area (Å²) >= 11 is 8.25. The molecule has 2 heterocycles. The normalized spacial score (nSPS) is 17.4. The van der Waals surface area contributed by atoms with Gasteiger partial charge < -0.3 is 20.3 Å². The highest BCUT2D eigenvalue weighted by Crippen LogP contribution is 2.38. The predicted octanol–water partition coefficient (Wildman–Crippen LogP) is 6.24. The lowest BCUT2D eigenvalue weighted by atomic mass is 9.89. The van der Waals surface area contributed by atoms with Crippen molar-refractivity contribution in [3.63, 3.8) is 0 Å². The Balaban J connectivity index is 1.51. The molecule has 2 N–H and O–H groups in total. The molecule has 4 aromatic rings. The largest absolute Gasteiger partial charge is 0.496 e. The number of ether oxygens (including phenoxy) is 1. The Bertz CT molecular complexity index is 1420. The van der Waals surface area contributed by atoms with Crippen LogP contribution >= 0.6 is 22.9 Å². The van der Waals surface area contributed by atoms with Gasteiger partial charge in [-0.3, -0.25) is 4.79 Å². The summed E-state index contributed by atoms with van der Waals surface area (Å²) < 4.78 is 6.76. The Labute approximate surface area is 232 Å². The number of thiophene rings is 1. The van der Waals surface area contributed by atoms with E-state index in [4.69, 9.17) is 16.3 Å². The smallest absolute Gasteiger partial charge is 0.266 e. The number of fused-ring (bicyclic) bond motifs is 1. The highest BCUT2D eigenvalue weighted by atomic mass is 35.5. The van der Waals surface area contributed by atoms with Crippen LogP contribution < -0.4 is 15.4 Å². The molecule has 0 atom stereocenters. The van der Waals surface area contributed by atoms with Gasteiger partial charge in [-0.15, -0.1) is 11.3 Å². The van der Waals surface area contributed by atoms with Crippen molar-refractivity contribution in [2.75, 3.05) is 26.5 Å². The Morgan fingerprint density at radius 2 is 1.82 bits per heavy atom. The first kappa shape index (κ1) is 26.4. The van der Waals surface area contributed by atoms with Crippen LogP contribution in [-0.2, 0) is 6.54 Å². The molecule has 9 heteroatoms. The zero-order valence-electron chi connectivity index (χ0n) is 21.8. The van der Waals surface area contributed by atoms with Crippen molar-refractivity contribution in [2.45, 2.75) is 44.3 Å². The van der Waals surface area contributed by atoms with Gasteiger partial charge in [0.05, 0.1) is 12.1 Å². The molecule has 0 unspecified atom stereocenters. The van der Waals surface area contributed by atoms with Crippen LogP contribution in [0, 0.1) is 0 Å². The van der Waals surface area contributed by atoms with E-state index >= 15 is 0 Å². The third-order valence-corrected chi connectivity index (χ3v) is 9.03. The van der Waals surface area contributed by atoms with E-state index in [1.165, 1.54) is 11.3 Å². The number of nitrogens with one attached hydrogen (secondary N) is 2. The fourth-order valence-corrected chi connectivity index (χ4v) is 6.66. The lowest BCUT2D eigenvalue weighted by Crippen LogP contribution is -2.44. The Morgan fingerprint density at radius 1 is 1.08 bits per heavy atom. The van der Waals surface area contributed by atoms with Crippen LogP contribution in [0.2, 0.25) is 5.02 Å². The van der Waals surface area contributed by atoms with E-state index in [1.807, 2.05) is 48.3 Å². The summed E-state index contributed by atoms with van der Waals surface area (Å²) in [6.07, 6.45) is 7.50. The van der Waals surface area contributed by atoms with E-state index in [-0.39, 0.29) is 11.9 Å². The number of carbonyl (C=O) groups excluding carboxylic acids is 1. The van der Waals surface area contributed by atoms with Crippen molar-refractivity contribution < 1.29 is 9.53 Å². The molecule has 0 radical (unpaired) electrons. The average Bonchev–Trinajstić information content (AvgIpc) is 3.32. The number of amides is 1. The minimum Gasteiger partial charge on any atom is -0.496 e. The predicted molar refractivity (Wildman–Crippen MR) is 155 cm³/mol. The zero-order valence-corrected chi connectivity index (χ0v) is 23.4. The lowest BCUT2D eigenvalue weighted by Gasteiger charge is -2.37. The highest BCUT2D eigenvalue weighted by Gasteiger charge is 2.32. The minimum absolute atomic E-state index is 0.0294. The van der Waals surface area contributed by atoms with Gasteiger partial charge in [0.15, 0.2) is 0 Å². The number of nitrogens with zero attached hydrogens (tertiary/aromatic N) is 3. The first-order chi connectivity index (χ1) is 18.5. The molecule has 198 valence electrons. The molecule has 1 aliphatic rings. The second kappa shape index (κ2) is 11.7. The van der Waals surface area contributed by atoms with Crippen molar-refractivity contribution in [1.29, 1.82) is 0 Å². The molecule has 38 heavy (non-hydrogen) atoms. The summed E-state index contributed by atoms with van der Waals surface area (Å²) in [6.45, 7) is 0.421. The van der Waals surface area contributed by atoms with Crippen molar-refractivity contribution >= 4 is 44.9 Å². The van der Waals surface area contributed by atoms with Gasteiger partial charge in [-0.1, -0.05) is 35.9 Å². The number of halogens is 1. The maximum Gasteiger partial charge on any atom is 0.266 e. The molecular weight excluding hydrogens is 518 g/mol. The summed E-state index contributed by atoms with van der Waals surface area (Å²) in [4.78, 5) is 25.5. The molecular formula is C29H32ClN5O2S. The Hall–Kier alpha value is -3.20. The molecule has 1 fully saturated rings. The number of benzene rings is 2. The van der Waals surface area contributed by atoms with Gasteiger partial charge in [0.25, 0.3) is 5.91 Å². The van der Waals surface area contributed by atoms with Gasteiger partial charge in [-0.05, 0) is 56.5 Å². The summed E-state index contributed by atoms with van der Waals surface area (Å²) in [5.74, 6) is 1.28. The van der Waals surface area contributed by atoms with E-state index in [2.05, 4.69) is 26.7 Å². The maximum atomic E-state index is 14.2. The number of aromatic nitrogens is 2. The SMILES string of the molecule is CNc1ncc(-c2ccc(OC)c(CN(C(=O)c3sc4ccccc4c3Cl)C3CCC(NC)CC3)c2)cn1. The molecule has 2 aromatic heterocycles. The third-order valence-electron chi connectivity index (χ3n) is 7.37. The first-order valence-corrected chi connectivity index (χ1v) is 14.0. The summed E-state index contributed by atoms with van der Waals surface area (Å²) in [5.41, 5.74) is 2.80. The lowest BCUT2D eigenvalue weighted by molar-refractivity contribution is 0.0604. The number of methoxy groups -OCH3 is 1. The molecule has 5 rings (SSSR count). The van der Waals surface area contributed by atoms with Gasteiger partial charge >= 0.3 is 0 Å². The van der Waals surface area contributed by atoms with Crippen LogP contribution in [0.5, 0.6) is 5.75 Å². The van der Waals surface area contributed by atoms with Gasteiger partial charge in [0.2, 0.25) is 5.95 Å². The van der Waals surface area contributed by atoms with Crippen molar-refractivity contribution in [1.82, 2.24) is 20.2 Å². The molecule has 2 aromatic carbocycles. The van der Waals surface area contributed by atoms with Crippen molar-refractivity contribution in [3.05, 3.63) is 70.3 Å². The highest BCUT2D eigenvalue weighted by molar-refractivity contribution is 7.21. The van der Waals surface area contributed by atoms with E-state index < -0.39 is 0 Å². The third kappa shape index (κ3) is 5.34. The Morgan fingerprint density at radius 3 is 2.47 bits per heavy atom.